The lowest BCUT2D eigenvalue weighted by Crippen LogP contribution is -1.93. The van der Waals surface area contributed by atoms with Crippen molar-refractivity contribution in [3.63, 3.8) is 0 Å². The summed E-state index contributed by atoms with van der Waals surface area (Å²) in [5.74, 6) is -1.18. The van der Waals surface area contributed by atoms with Crippen molar-refractivity contribution in [2.45, 2.75) is 6.92 Å². The molecule has 0 aliphatic rings. The van der Waals surface area contributed by atoms with Crippen LogP contribution in [0.25, 0.3) is 6.08 Å². The van der Waals surface area contributed by atoms with Crippen molar-refractivity contribution < 1.29 is 19.0 Å². The summed E-state index contributed by atoms with van der Waals surface area (Å²) < 4.78 is 20.4. The van der Waals surface area contributed by atoms with Crippen molar-refractivity contribution in [2.24, 2.45) is 0 Å². The highest BCUT2D eigenvalue weighted by Gasteiger charge is 2.10. The minimum absolute atomic E-state index is 0.00303. The minimum Gasteiger partial charge on any atom is -0.478 e. The van der Waals surface area contributed by atoms with Crippen LogP contribution in [0, 0.1) is 12.7 Å². The Kier molecular flexibility index (Phi) is 4.75. The third kappa shape index (κ3) is 3.92. The molecule has 2 aromatic carbocycles. The van der Waals surface area contributed by atoms with Gasteiger partial charge in [-0.1, -0.05) is 28.1 Å². The smallest absolute Gasteiger partial charge is 0.328 e. The Morgan fingerprint density at radius 2 is 2.10 bits per heavy atom. The van der Waals surface area contributed by atoms with Crippen LogP contribution < -0.4 is 4.74 Å². The van der Waals surface area contributed by atoms with E-state index in [-0.39, 0.29) is 5.75 Å². The molecule has 0 spiro atoms. The van der Waals surface area contributed by atoms with Gasteiger partial charge in [0.15, 0.2) is 11.6 Å². The average molecular weight is 351 g/mol. The summed E-state index contributed by atoms with van der Waals surface area (Å²) in [6.45, 7) is 1.89. The zero-order chi connectivity index (χ0) is 15.4. The van der Waals surface area contributed by atoms with E-state index < -0.39 is 11.8 Å². The SMILES string of the molecule is Cc1cc(Oc2c(F)cccc2/C=C/C(=O)O)ccc1Br. The Labute approximate surface area is 129 Å². The normalized spacial score (nSPS) is 10.8. The van der Waals surface area contributed by atoms with Gasteiger partial charge < -0.3 is 9.84 Å². The van der Waals surface area contributed by atoms with Crippen molar-refractivity contribution in [2.75, 3.05) is 0 Å². The first kappa shape index (κ1) is 15.3. The van der Waals surface area contributed by atoms with Gasteiger partial charge >= 0.3 is 5.97 Å². The van der Waals surface area contributed by atoms with Gasteiger partial charge in [0.05, 0.1) is 0 Å². The molecule has 0 fully saturated rings. The van der Waals surface area contributed by atoms with E-state index in [2.05, 4.69) is 15.9 Å². The molecule has 2 aromatic rings. The molecule has 5 heteroatoms. The summed E-state index contributed by atoms with van der Waals surface area (Å²) in [6.07, 6.45) is 2.24. The van der Waals surface area contributed by atoms with E-state index in [4.69, 9.17) is 9.84 Å². The van der Waals surface area contributed by atoms with Crippen molar-refractivity contribution in [3.05, 3.63) is 63.9 Å². The van der Waals surface area contributed by atoms with Crippen LogP contribution in [0.3, 0.4) is 0 Å². The van der Waals surface area contributed by atoms with Gasteiger partial charge in [-0.3, -0.25) is 0 Å². The highest BCUT2D eigenvalue weighted by molar-refractivity contribution is 9.10. The number of carboxylic acid groups (broad SMARTS) is 1. The number of carboxylic acids is 1. The van der Waals surface area contributed by atoms with E-state index in [1.165, 1.54) is 18.2 Å². The number of halogens is 2. The molecule has 2 rings (SSSR count). The van der Waals surface area contributed by atoms with Crippen LogP contribution in [0.1, 0.15) is 11.1 Å². The standard InChI is InChI=1S/C16H12BrFO3/c1-10-9-12(6-7-13(10)17)21-16-11(5-8-15(19)20)3-2-4-14(16)18/h2-9H,1H3,(H,19,20)/b8-5+. The molecule has 0 bridgehead atoms. The van der Waals surface area contributed by atoms with Crippen LogP contribution in [-0.2, 0) is 4.79 Å². The molecule has 0 aliphatic heterocycles. The van der Waals surface area contributed by atoms with Gasteiger partial charge in [-0.15, -0.1) is 0 Å². The molecule has 0 aliphatic carbocycles. The number of hydrogen-bond acceptors (Lipinski definition) is 2. The van der Waals surface area contributed by atoms with Gasteiger partial charge in [0.1, 0.15) is 5.75 Å². The number of aliphatic carboxylic acids is 1. The summed E-state index contributed by atoms with van der Waals surface area (Å²) in [5, 5.41) is 8.67. The van der Waals surface area contributed by atoms with E-state index in [9.17, 15) is 9.18 Å². The Hall–Kier alpha value is -2.14. The van der Waals surface area contributed by atoms with Gasteiger partial charge in [0, 0.05) is 16.1 Å². The van der Waals surface area contributed by atoms with E-state index in [0.717, 1.165) is 16.1 Å². The zero-order valence-electron chi connectivity index (χ0n) is 11.1. The maximum Gasteiger partial charge on any atom is 0.328 e. The number of hydrogen-bond donors (Lipinski definition) is 1. The van der Waals surface area contributed by atoms with Crippen molar-refractivity contribution in [1.29, 1.82) is 0 Å². The van der Waals surface area contributed by atoms with Crippen LogP contribution in [0.15, 0.2) is 46.9 Å². The zero-order valence-corrected chi connectivity index (χ0v) is 12.7. The quantitative estimate of drug-likeness (QED) is 0.806. The number of rotatable bonds is 4. The fourth-order valence-corrected chi connectivity index (χ4v) is 1.97. The first-order chi connectivity index (χ1) is 9.97. The molecular formula is C16H12BrFO3. The molecule has 0 aromatic heterocycles. The average Bonchev–Trinajstić information content (AvgIpc) is 2.43. The highest BCUT2D eigenvalue weighted by Crippen LogP contribution is 2.31. The summed E-state index contributed by atoms with van der Waals surface area (Å²) in [7, 11) is 0. The second kappa shape index (κ2) is 6.54. The summed E-state index contributed by atoms with van der Waals surface area (Å²) in [6, 6.07) is 9.62. The Balaban J connectivity index is 2.38. The molecule has 3 nitrogen and oxygen atoms in total. The first-order valence-corrected chi connectivity index (χ1v) is 6.90. The fourth-order valence-electron chi connectivity index (χ4n) is 1.72. The van der Waals surface area contributed by atoms with Crippen LogP contribution in [0.2, 0.25) is 0 Å². The fraction of sp³-hybridized carbons (Fsp3) is 0.0625. The lowest BCUT2D eigenvalue weighted by atomic mass is 10.1. The summed E-state index contributed by atoms with van der Waals surface area (Å²) in [4.78, 5) is 10.6. The molecule has 0 saturated carbocycles. The van der Waals surface area contributed by atoms with Gasteiger partial charge in [-0.2, -0.15) is 0 Å². The number of carbonyl (C=O) groups is 1. The molecule has 0 heterocycles. The molecular weight excluding hydrogens is 339 g/mol. The molecule has 0 saturated heterocycles. The molecule has 0 unspecified atom stereocenters. The molecule has 0 radical (unpaired) electrons. The second-order valence-electron chi connectivity index (χ2n) is 4.34. The first-order valence-electron chi connectivity index (χ1n) is 6.11. The van der Waals surface area contributed by atoms with Gasteiger partial charge in [-0.05, 0) is 42.8 Å². The second-order valence-corrected chi connectivity index (χ2v) is 5.20. The number of para-hydroxylation sites is 1. The lowest BCUT2D eigenvalue weighted by molar-refractivity contribution is -0.131. The topological polar surface area (TPSA) is 46.5 Å². The predicted molar refractivity (Wildman–Crippen MR) is 82.0 cm³/mol. The predicted octanol–water partition coefficient (Wildman–Crippen LogP) is 4.79. The third-order valence-corrected chi connectivity index (χ3v) is 3.64. The van der Waals surface area contributed by atoms with Crippen molar-refractivity contribution in [3.8, 4) is 11.5 Å². The summed E-state index contributed by atoms with van der Waals surface area (Å²) in [5.41, 5.74) is 1.31. The number of ether oxygens (including phenoxy) is 1. The van der Waals surface area contributed by atoms with Gasteiger partial charge in [-0.25, -0.2) is 9.18 Å². The molecule has 108 valence electrons. The maximum atomic E-state index is 13.9. The Morgan fingerprint density at radius 3 is 2.76 bits per heavy atom. The van der Waals surface area contributed by atoms with Crippen LogP contribution in [0.5, 0.6) is 11.5 Å². The monoisotopic (exact) mass is 350 g/mol. The maximum absolute atomic E-state index is 13.9. The molecule has 1 N–H and O–H groups in total. The number of aryl methyl sites for hydroxylation is 1. The van der Waals surface area contributed by atoms with Gasteiger partial charge in [0.2, 0.25) is 0 Å². The molecule has 21 heavy (non-hydrogen) atoms. The minimum atomic E-state index is -1.11. The van der Waals surface area contributed by atoms with Crippen molar-refractivity contribution in [1.82, 2.24) is 0 Å². The molecule has 0 atom stereocenters. The van der Waals surface area contributed by atoms with Crippen LogP contribution >= 0.6 is 15.9 Å². The summed E-state index contributed by atoms with van der Waals surface area (Å²) >= 11 is 3.38. The molecule has 0 amide bonds. The number of benzene rings is 2. The van der Waals surface area contributed by atoms with E-state index in [1.54, 1.807) is 24.3 Å². The van der Waals surface area contributed by atoms with Crippen LogP contribution in [0.4, 0.5) is 4.39 Å². The third-order valence-electron chi connectivity index (χ3n) is 2.75. The van der Waals surface area contributed by atoms with Crippen LogP contribution in [-0.4, -0.2) is 11.1 Å². The lowest BCUT2D eigenvalue weighted by Gasteiger charge is -2.11. The Morgan fingerprint density at radius 1 is 1.33 bits per heavy atom. The van der Waals surface area contributed by atoms with Crippen molar-refractivity contribution >= 4 is 28.0 Å². The Bertz CT molecular complexity index is 711. The van der Waals surface area contributed by atoms with E-state index in [1.807, 2.05) is 6.92 Å². The van der Waals surface area contributed by atoms with E-state index >= 15 is 0 Å². The van der Waals surface area contributed by atoms with E-state index in [0.29, 0.717) is 11.3 Å². The van der Waals surface area contributed by atoms with Gasteiger partial charge in [0.25, 0.3) is 0 Å². The highest BCUT2D eigenvalue weighted by atomic mass is 79.9. The largest absolute Gasteiger partial charge is 0.478 e.